The summed E-state index contributed by atoms with van der Waals surface area (Å²) in [5.74, 6) is 0.615. The zero-order valence-corrected chi connectivity index (χ0v) is 8.47. The van der Waals surface area contributed by atoms with Crippen LogP contribution in [0.3, 0.4) is 0 Å². The molecule has 0 aromatic rings. The standard InChI is InChI=1S/C9H14O3S/c1-2-3-5-12-9(8(10)11)4-6-13-7-9/h2-3H,4-7H2,1H3,(H,10,11). The number of carboxylic acids is 1. The normalized spacial score (nSPS) is 28.4. The first kappa shape index (κ1) is 10.6. The molecule has 0 aromatic heterocycles. The Morgan fingerprint density at radius 3 is 3.00 bits per heavy atom. The van der Waals surface area contributed by atoms with Crippen LogP contribution in [0, 0.1) is 0 Å². The molecule has 1 rings (SSSR count). The number of carboxylic acid groups (broad SMARTS) is 1. The van der Waals surface area contributed by atoms with Crippen molar-refractivity contribution in [3.05, 3.63) is 12.2 Å². The van der Waals surface area contributed by atoms with Crippen molar-refractivity contribution in [3.63, 3.8) is 0 Å². The summed E-state index contributed by atoms with van der Waals surface area (Å²) in [7, 11) is 0. The molecule has 0 bridgehead atoms. The lowest BCUT2D eigenvalue weighted by Crippen LogP contribution is -2.41. The van der Waals surface area contributed by atoms with Crippen molar-refractivity contribution in [2.75, 3.05) is 18.1 Å². The Morgan fingerprint density at radius 2 is 2.54 bits per heavy atom. The van der Waals surface area contributed by atoms with Crippen LogP contribution in [0.2, 0.25) is 0 Å². The zero-order valence-electron chi connectivity index (χ0n) is 7.66. The van der Waals surface area contributed by atoms with Gasteiger partial charge in [0.05, 0.1) is 6.61 Å². The lowest BCUT2D eigenvalue weighted by atomic mass is 10.0. The number of aliphatic carboxylic acids is 1. The van der Waals surface area contributed by atoms with Crippen molar-refractivity contribution in [1.82, 2.24) is 0 Å². The van der Waals surface area contributed by atoms with Crippen molar-refractivity contribution in [2.24, 2.45) is 0 Å². The number of ether oxygens (including phenoxy) is 1. The van der Waals surface area contributed by atoms with Gasteiger partial charge >= 0.3 is 5.97 Å². The van der Waals surface area contributed by atoms with Crippen molar-refractivity contribution in [3.8, 4) is 0 Å². The number of hydrogen-bond donors (Lipinski definition) is 1. The minimum absolute atomic E-state index is 0.392. The minimum Gasteiger partial charge on any atom is -0.479 e. The number of hydrogen-bond acceptors (Lipinski definition) is 3. The fraction of sp³-hybridized carbons (Fsp3) is 0.667. The first-order valence-corrected chi connectivity index (χ1v) is 5.43. The number of rotatable bonds is 4. The van der Waals surface area contributed by atoms with E-state index in [1.807, 2.05) is 19.1 Å². The second-order valence-electron chi connectivity index (χ2n) is 2.98. The third-order valence-corrected chi connectivity index (χ3v) is 3.23. The first-order valence-electron chi connectivity index (χ1n) is 4.27. The van der Waals surface area contributed by atoms with Gasteiger partial charge in [0.2, 0.25) is 0 Å². The quantitative estimate of drug-likeness (QED) is 0.702. The van der Waals surface area contributed by atoms with E-state index in [0.717, 1.165) is 5.75 Å². The second kappa shape index (κ2) is 4.67. The van der Waals surface area contributed by atoms with E-state index in [1.165, 1.54) is 0 Å². The van der Waals surface area contributed by atoms with Crippen molar-refractivity contribution in [1.29, 1.82) is 0 Å². The Hall–Kier alpha value is -0.480. The molecule has 1 saturated heterocycles. The van der Waals surface area contributed by atoms with Crippen LogP contribution >= 0.6 is 11.8 Å². The molecule has 1 aliphatic rings. The lowest BCUT2D eigenvalue weighted by molar-refractivity contribution is -0.161. The van der Waals surface area contributed by atoms with Crippen LogP contribution in [-0.4, -0.2) is 34.8 Å². The molecular formula is C9H14O3S. The molecule has 0 aromatic carbocycles. The molecule has 1 atom stereocenters. The third kappa shape index (κ3) is 2.48. The van der Waals surface area contributed by atoms with Gasteiger partial charge in [-0.25, -0.2) is 4.79 Å². The van der Waals surface area contributed by atoms with Gasteiger partial charge in [-0.2, -0.15) is 11.8 Å². The van der Waals surface area contributed by atoms with Crippen LogP contribution in [0.5, 0.6) is 0 Å². The maximum atomic E-state index is 11.0. The summed E-state index contributed by atoms with van der Waals surface area (Å²) in [6.45, 7) is 2.28. The van der Waals surface area contributed by atoms with E-state index in [1.54, 1.807) is 11.8 Å². The molecule has 4 heteroatoms. The van der Waals surface area contributed by atoms with Crippen LogP contribution in [0.1, 0.15) is 13.3 Å². The van der Waals surface area contributed by atoms with E-state index >= 15 is 0 Å². The molecule has 1 N–H and O–H groups in total. The van der Waals surface area contributed by atoms with E-state index in [0.29, 0.717) is 18.8 Å². The van der Waals surface area contributed by atoms with E-state index in [-0.39, 0.29) is 0 Å². The summed E-state index contributed by atoms with van der Waals surface area (Å²) in [6, 6.07) is 0. The van der Waals surface area contributed by atoms with Crippen LogP contribution in [0.25, 0.3) is 0 Å². The molecule has 0 spiro atoms. The van der Waals surface area contributed by atoms with Gasteiger partial charge in [-0.15, -0.1) is 0 Å². The third-order valence-electron chi connectivity index (χ3n) is 2.07. The molecule has 0 amide bonds. The highest BCUT2D eigenvalue weighted by molar-refractivity contribution is 7.99. The van der Waals surface area contributed by atoms with Gasteiger partial charge in [0.1, 0.15) is 0 Å². The Bertz CT molecular complexity index is 207. The summed E-state index contributed by atoms with van der Waals surface area (Å²) >= 11 is 1.64. The maximum Gasteiger partial charge on any atom is 0.336 e. The molecule has 3 nitrogen and oxygen atoms in total. The van der Waals surface area contributed by atoms with E-state index in [2.05, 4.69) is 0 Å². The molecule has 74 valence electrons. The van der Waals surface area contributed by atoms with Crippen molar-refractivity contribution < 1.29 is 14.6 Å². The fourth-order valence-corrected chi connectivity index (χ4v) is 2.49. The van der Waals surface area contributed by atoms with Crippen LogP contribution < -0.4 is 0 Å². The predicted molar refractivity (Wildman–Crippen MR) is 53.1 cm³/mol. The maximum absolute atomic E-state index is 11.0. The first-order chi connectivity index (χ1) is 6.21. The molecule has 1 fully saturated rings. The molecule has 0 radical (unpaired) electrons. The Labute approximate surface area is 82.2 Å². The monoisotopic (exact) mass is 202 g/mol. The Balaban J connectivity index is 2.52. The molecule has 0 saturated carbocycles. The van der Waals surface area contributed by atoms with Crippen molar-refractivity contribution >= 4 is 17.7 Å². The van der Waals surface area contributed by atoms with Gasteiger partial charge < -0.3 is 9.84 Å². The number of allylic oxidation sites excluding steroid dienone is 1. The van der Waals surface area contributed by atoms with Crippen LogP contribution in [0.4, 0.5) is 0 Å². The molecule has 1 heterocycles. The van der Waals surface area contributed by atoms with Crippen LogP contribution in [0.15, 0.2) is 12.2 Å². The average Bonchev–Trinajstić information content (AvgIpc) is 2.55. The highest BCUT2D eigenvalue weighted by atomic mass is 32.2. The molecular weight excluding hydrogens is 188 g/mol. The van der Waals surface area contributed by atoms with E-state index < -0.39 is 11.6 Å². The van der Waals surface area contributed by atoms with Gasteiger partial charge in [-0.3, -0.25) is 0 Å². The highest BCUT2D eigenvalue weighted by Crippen LogP contribution is 2.31. The molecule has 1 unspecified atom stereocenters. The van der Waals surface area contributed by atoms with E-state index in [9.17, 15) is 4.79 Å². The van der Waals surface area contributed by atoms with Gasteiger partial charge in [0.25, 0.3) is 0 Å². The minimum atomic E-state index is -0.926. The largest absolute Gasteiger partial charge is 0.479 e. The Morgan fingerprint density at radius 1 is 1.77 bits per heavy atom. The topological polar surface area (TPSA) is 46.5 Å². The predicted octanol–water partition coefficient (Wildman–Crippen LogP) is 1.54. The van der Waals surface area contributed by atoms with Crippen LogP contribution in [-0.2, 0) is 9.53 Å². The second-order valence-corrected chi connectivity index (χ2v) is 4.09. The molecule has 1 aliphatic heterocycles. The molecule has 13 heavy (non-hydrogen) atoms. The smallest absolute Gasteiger partial charge is 0.336 e. The molecule has 0 aliphatic carbocycles. The van der Waals surface area contributed by atoms with Gasteiger partial charge in [-0.1, -0.05) is 12.2 Å². The van der Waals surface area contributed by atoms with Gasteiger partial charge in [-0.05, 0) is 19.1 Å². The summed E-state index contributed by atoms with van der Waals surface area (Å²) in [6.07, 6.45) is 4.30. The Kier molecular flexibility index (Phi) is 3.81. The summed E-state index contributed by atoms with van der Waals surface area (Å²) < 4.78 is 5.39. The zero-order chi connectivity index (χ0) is 9.73. The number of thioether (sulfide) groups is 1. The van der Waals surface area contributed by atoms with Gasteiger partial charge in [0, 0.05) is 5.75 Å². The fourth-order valence-electron chi connectivity index (χ4n) is 1.19. The summed E-state index contributed by atoms with van der Waals surface area (Å²) in [4.78, 5) is 11.0. The summed E-state index contributed by atoms with van der Waals surface area (Å²) in [5.41, 5.74) is -0.926. The SMILES string of the molecule is CC=CCOC1(C(=O)O)CCSC1. The van der Waals surface area contributed by atoms with Gasteiger partial charge in [0.15, 0.2) is 5.60 Å². The average molecular weight is 202 g/mol. The summed E-state index contributed by atoms with van der Waals surface area (Å²) in [5, 5.41) is 9.00. The number of carbonyl (C=O) groups is 1. The van der Waals surface area contributed by atoms with Crippen molar-refractivity contribution in [2.45, 2.75) is 18.9 Å². The highest BCUT2D eigenvalue weighted by Gasteiger charge is 2.42. The van der Waals surface area contributed by atoms with E-state index in [4.69, 9.17) is 9.84 Å². The lowest BCUT2D eigenvalue weighted by Gasteiger charge is -2.22.